The van der Waals surface area contributed by atoms with Gasteiger partial charge in [-0.1, -0.05) is 24.3 Å². The minimum absolute atomic E-state index is 0.0419. The Bertz CT molecular complexity index is 617. The van der Waals surface area contributed by atoms with Crippen LogP contribution in [0.25, 0.3) is 0 Å². The van der Waals surface area contributed by atoms with Crippen molar-refractivity contribution in [2.24, 2.45) is 0 Å². The molecule has 2 rings (SSSR count). The van der Waals surface area contributed by atoms with Crippen LogP contribution in [0.15, 0.2) is 41.4 Å². The van der Waals surface area contributed by atoms with Crippen LogP contribution in [0.4, 0.5) is 11.5 Å². The minimum Gasteiger partial charge on any atom is -0.378 e. The van der Waals surface area contributed by atoms with Gasteiger partial charge >= 0.3 is 5.69 Å². The van der Waals surface area contributed by atoms with Crippen molar-refractivity contribution in [3.63, 3.8) is 0 Å². The highest BCUT2D eigenvalue weighted by molar-refractivity contribution is 7.98. The Hall–Kier alpha value is -2.08. The quantitative estimate of drug-likeness (QED) is 0.526. The highest BCUT2D eigenvalue weighted by Gasteiger charge is 2.13. The average molecular weight is 275 g/mol. The molecule has 98 valence electrons. The van der Waals surface area contributed by atoms with E-state index in [1.54, 1.807) is 6.07 Å². The molecule has 0 unspecified atom stereocenters. The molecule has 6 heteroatoms. The first-order chi connectivity index (χ1) is 9.08. The molecule has 0 spiro atoms. The van der Waals surface area contributed by atoms with Crippen LogP contribution in [0.2, 0.25) is 0 Å². The second-order valence-corrected chi connectivity index (χ2v) is 5.02. The summed E-state index contributed by atoms with van der Waals surface area (Å²) >= 11 is 1.51. The Kier molecular flexibility index (Phi) is 4.01. The van der Waals surface area contributed by atoms with Crippen molar-refractivity contribution in [3.05, 3.63) is 57.6 Å². The Labute approximate surface area is 115 Å². The van der Waals surface area contributed by atoms with Gasteiger partial charge in [0.05, 0.1) is 9.95 Å². The van der Waals surface area contributed by atoms with Gasteiger partial charge < -0.3 is 5.73 Å². The number of pyridine rings is 1. The SMILES string of the molecule is Cc1ccccc1CSc1ccc([N+](=O)[O-])c(N)n1. The van der Waals surface area contributed by atoms with Gasteiger partial charge in [0, 0.05) is 11.8 Å². The van der Waals surface area contributed by atoms with E-state index in [0.717, 1.165) is 5.75 Å². The van der Waals surface area contributed by atoms with Crippen LogP contribution in [0.5, 0.6) is 0 Å². The number of benzene rings is 1. The number of rotatable bonds is 4. The van der Waals surface area contributed by atoms with Gasteiger partial charge in [-0.3, -0.25) is 10.1 Å². The molecule has 1 heterocycles. The fraction of sp³-hybridized carbons (Fsp3) is 0.154. The van der Waals surface area contributed by atoms with Crippen LogP contribution >= 0.6 is 11.8 Å². The zero-order chi connectivity index (χ0) is 13.8. The molecule has 1 aromatic carbocycles. The molecule has 0 saturated heterocycles. The van der Waals surface area contributed by atoms with Crippen LogP contribution in [-0.2, 0) is 5.75 Å². The molecule has 5 nitrogen and oxygen atoms in total. The zero-order valence-electron chi connectivity index (χ0n) is 10.4. The maximum atomic E-state index is 10.6. The van der Waals surface area contributed by atoms with Gasteiger partial charge in [-0.25, -0.2) is 4.98 Å². The van der Waals surface area contributed by atoms with Crippen molar-refractivity contribution < 1.29 is 4.92 Å². The van der Waals surface area contributed by atoms with Gasteiger partial charge in [-0.2, -0.15) is 0 Å². The van der Waals surface area contributed by atoms with Crippen molar-refractivity contribution in [3.8, 4) is 0 Å². The third-order valence-corrected chi connectivity index (χ3v) is 3.69. The van der Waals surface area contributed by atoms with E-state index < -0.39 is 4.92 Å². The van der Waals surface area contributed by atoms with Gasteiger partial charge in [0.1, 0.15) is 0 Å². The molecule has 0 amide bonds. The number of nitrogens with two attached hydrogens (primary N) is 1. The summed E-state index contributed by atoms with van der Waals surface area (Å²) in [7, 11) is 0. The monoisotopic (exact) mass is 275 g/mol. The first kappa shape index (κ1) is 13.4. The van der Waals surface area contributed by atoms with Crippen LogP contribution in [0, 0.1) is 17.0 Å². The van der Waals surface area contributed by atoms with E-state index in [1.807, 2.05) is 25.1 Å². The summed E-state index contributed by atoms with van der Waals surface area (Å²) in [6, 6.07) is 11.1. The third-order valence-electron chi connectivity index (χ3n) is 2.71. The standard InChI is InChI=1S/C13H13N3O2S/c1-9-4-2-3-5-10(9)8-19-12-7-6-11(16(17)18)13(14)15-12/h2-7H,8H2,1H3,(H2,14,15). The average Bonchev–Trinajstić information content (AvgIpc) is 2.37. The highest BCUT2D eigenvalue weighted by atomic mass is 32.2. The predicted molar refractivity (Wildman–Crippen MR) is 76.0 cm³/mol. The molecule has 0 atom stereocenters. The van der Waals surface area contributed by atoms with Crippen molar-refractivity contribution >= 4 is 23.3 Å². The lowest BCUT2D eigenvalue weighted by Gasteiger charge is -2.05. The maximum Gasteiger partial charge on any atom is 0.311 e. The maximum absolute atomic E-state index is 10.6. The van der Waals surface area contributed by atoms with Crippen LogP contribution in [0.1, 0.15) is 11.1 Å². The molecule has 1 aromatic heterocycles. The fourth-order valence-electron chi connectivity index (χ4n) is 1.61. The molecule has 19 heavy (non-hydrogen) atoms. The van der Waals surface area contributed by atoms with E-state index in [2.05, 4.69) is 11.1 Å². The highest BCUT2D eigenvalue weighted by Crippen LogP contribution is 2.27. The summed E-state index contributed by atoms with van der Waals surface area (Å²) in [6.45, 7) is 2.05. The summed E-state index contributed by atoms with van der Waals surface area (Å²) in [5, 5.41) is 11.3. The van der Waals surface area contributed by atoms with E-state index in [1.165, 1.54) is 29.0 Å². The second kappa shape index (κ2) is 5.71. The summed E-state index contributed by atoms with van der Waals surface area (Å²) < 4.78 is 0. The Morgan fingerprint density at radius 3 is 2.68 bits per heavy atom. The Balaban J connectivity index is 2.11. The Morgan fingerprint density at radius 2 is 2.05 bits per heavy atom. The number of hydrogen-bond acceptors (Lipinski definition) is 5. The van der Waals surface area contributed by atoms with E-state index in [0.29, 0.717) is 5.03 Å². The van der Waals surface area contributed by atoms with Crippen molar-refractivity contribution in [1.29, 1.82) is 0 Å². The zero-order valence-corrected chi connectivity index (χ0v) is 11.2. The van der Waals surface area contributed by atoms with E-state index in [9.17, 15) is 10.1 Å². The van der Waals surface area contributed by atoms with E-state index >= 15 is 0 Å². The van der Waals surface area contributed by atoms with Crippen LogP contribution < -0.4 is 5.73 Å². The largest absolute Gasteiger partial charge is 0.378 e. The third kappa shape index (κ3) is 3.23. The molecule has 0 aliphatic carbocycles. The summed E-state index contributed by atoms with van der Waals surface area (Å²) in [4.78, 5) is 14.1. The Morgan fingerprint density at radius 1 is 1.32 bits per heavy atom. The van der Waals surface area contributed by atoms with Crippen molar-refractivity contribution in [1.82, 2.24) is 4.98 Å². The molecule has 0 aliphatic rings. The molecular weight excluding hydrogens is 262 g/mol. The number of aryl methyl sites for hydroxylation is 1. The van der Waals surface area contributed by atoms with Crippen molar-refractivity contribution in [2.75, 3.05) is 5.73 Å². The van der Waals surface area contributed by atoms with Gasteiger partial charge in [-0.05, 0) is 24.1 Å². The molecule has 0 bridgehead atoms. The predicted octanol–water partition coefficient (Wildman–Crippen LogP) is 3.17. The number of hydrogen-bond donors (Lipinski definition) is 1. The van der Waals surface area contributed by atoms with Crippen LogP contribution in [0.3, 0.4) is 0 Å². The van der Waals surface area contributed by atoms with Gasteiger partial charge in [-0.15, -0.1) is 11.8 Å². The first-order valence-corrected chi connectivity index (χ1v) is 6.64. The lowest BCUT2D eigenvalue weighted by atomic mass is 10.1. The summed E-state index contributed by atoms with van der Waals surface area (Å²) in [5.41, 5.74) is 7.83. The van der Waals surface area contributed by atoms with E-state index in [-0.39, 0.29) is 11.5 Å². The molecule has 2 N–H and O–H groups in total. The molecule has 0 aliphatic heterocycles. The fourth-order valence-corrected chi connectivity index (χ4v) is 2.56. The lowest BCUT2D eigenvalue weighted by Crippen LogP contribution is -1.99. The molecular formula is C13H13N3O2S. The van der Waals surface area contributed by atoms with E-state index in [4.69, 9.17) is 5.73 Å². The molecule has 0 radical (unpaired) electrons. The molecule has 2 aromatic rings. The second-order valence-electron chi connectivity index (χ2n) is 4.03. The topological polar surface area (TPSA) is 82.0 Å². The number of nitro groups is 1. The molecule has 0 saturated carbocycles. The summed E-state index contributed by atoms with van der Waals surface area (Å²) in [6.07, 6.45) is 0. The van der Waals surface area contributed by atoms with Gasteiger partial charge in [0.25, 0.3) is 0 Å². The van der Waals surface area contributed by atoms with Crippen molar-refractivity contribution in [2.45, 2.75) is 17.7 Å². The number of nitrogens with zero attached hydrogens (tertiary/aromatic N) is 2. The minimum atomic E-state index is -0.530. The number of anilines is 1. The summed E-state index contributed by atoms with van der Waals surface area (Å²) in [5.74, 6) is 0.719. The smallest absolute Gasteiger partial charge is 0.311 e. The number of nitrogen functional groups attached to an aromatic ring is 1. The van der Waals surface area contributed by atoms with Crippen LogP contribution in [-0.4, -0.2) is 9.91 Å². The number of thioether (sulfide) groups is 1. The van der Waals surface area contributed by atoms with Gasteiger partial charge in [0.2, 0.25) is 5.82 Å². The molecule has 0 fully saturated rings. The van der Waals surface area contributed by atoms with Gasteiger partial charge in [0.15, 0.2) is 0 Å². The first-order valence-electron chi connectivity index (χ1n) is 5.66. The normalized spacial score (nSPS) is 10.4. The number of aromatic nitrogens is 1. The lowest BCUT2D eigenvalue weighted by molar-refractivity contribution is -0.384.